The van der Waals surface area contributed by atoms with E-state index < -0.39 is 33.0 Å². The highest BCUT2D eigenvalue weighted by Crippen LogP contribution is 2.34. The second-order valence-corrected chi connectivity index (χ2v) is 7.31. The summed E-state index contributed by atoms with van der Waals surface area (Å²) in [5.74, 6) is -1.87. The highest BCUT2D eigenvalue weighted by molar-refractivity contribution is 6.40. The quantitative estimate of drug-likeness (QED) is 0.212. The Kier molecular flexibility index (Phi) is 7.69. The van der Waals surface area contributed by atoms with Gasteiger partial charge in [-0.15, -0.1) is 0 Å². The van der Waals surface area contributed by atoms with Crippen LogP contribution in [0.5, 0.6) is 11.5 Å². The van der Waals surface area contributed by atoms with Crippen LogP contribution in [0.15, 0.2) is 65.8 Å². The molecule has 0 radical (unpaired) electrons. The molecule has 0 aliphatic heterocycles. The van der Waals surface area contributed by atoms with Crippen LogP contribution in [0.3, 0.4) is 0 Å². The Labute approximate surface area is 202 Å². The number of carbonyl (C=O) groups is 2. The first-order valence-electron chi connectivity index (χ1n) is 9.76. The number of carbonyl (C=O) groups excluding carboxylic acids is 2. The Balaban J connectivity index is 1.60. The summed E-state index contributed by atoms with van der Waals surface area (Å²) in [7, 11) is 0. The monoisotopic (exact) mass is 497 g/mol. The van der Waals surface area contributed by atoms with Crippen molar-refractivity contribution in [2.24, 2.45) is 5.10 Å². The van der Waals surface area contributed by atoms with Crippen molar-refractivity contribution in [2.45, 2.75) is 6.92 Å². The standard InChI is InChI=1S/C22H16ClN5O7/c1-13-17(23)3-2-4-18(13)25-21(29)22(30)26-24-12-14-5-8-16(9-6-14)35-20-10-7-15(27(31)32)11-19(20)28(33)34/h2-12H,1H3,(H,25,29)(H,26,30)/b24-12+. The van der Waals surface area contributed by atoms with Crippen molar-refractivity contribution in [1.29, 1.82) is 0 Å². The van der Waals surface area contributed by atoms with Crippen molar-refractivity contribution in [1.82, 2.24) is 5.43 Å². The number of ether oxygens (including phenoxy) is 1. The minimum Gasteiger partial charge on any atom is -0.450 e. The molecule has 12 nitrogen and oxygen atoms in total. The van der Waals surface area contributed by atoms with E-state index in [9.17, 15) is 29.8 Å². The zero-order valence-electron chi connectivity index (χ0n) is 17.9. The number of hydrogen-bond acceptors (Lipinski definition) is 8. The maximum Gasteiger partial charge on any atom is 0.329 e. The van der Waals surface area contributed by atoms with Gasteiger partial charge in [-0.3, -0.25) is 29.8 Å². The zero-order valence-corrected chi connectivity index (χ0v) is 18.7. The van der Waals surface area contributed by atoms with Crippen LogP contribution >= 0.6 is 11.6 Å². The fourth-order valence-electron chi connectivity index (χ4n) is 2.74. The van der Waals surface area contributed by atoms with E-state index in [1.54, 1.807) is 25.1 Å². The van der Waals surface area contributed by atoms with E-state index in [0.717, 1.165) is 18.2 Å². The molecule has 0 atom stereocenters. The zero-order chi connectivity index (χ0) is 25.5. The number of halogens is 1. The maximum absolute atomic E-state index is 12.0. The van der Waals surface area contributed by atoms with Gasteiger partial charge in [-0.25, -0.2) is 5.43 Å². The first kappa shape index (κ1) is 24.8. The van der Waals surface area contributed by atoms with Gasteiger partial charge in [0.25, 0.3) is 5.69 Å². The minimum atomic E-state index is -0.994. The average molecular weight is 498 g/mol. The maximum atomic E-state index is 12.0. The largest absolute Gasteiger partial charge is 0.450 e. The predicted octanol–water partition coefficient (Wildman–Crippen LogP) is 4.35. The molecule has 0 aliphatic rings. The van der Waals surface area contributed by atoms with E-state index in [2.05, 4.69) is 15.8 Å². The average Bonchev–Trinajstić information content (AvgIpc) is 2.83. The van der Waals surface area contributed by atoms with Crippen molar-refractivity contribution in [3.05, 3.63) is 97.0 Å². The van der Waals surface area contributed by atoms with Crippen LogP contribution in [0.25, 0.3) is 0 Å². The van der Waals surface area contributed by atoms with E-state index in [0.29, 0.717) is 21.8 Å². The Morgan fingerprint density at radius 3 is 2.37 bits per heavy atom. The molecule has 178 valence electrons. The molecule has 2 N–H and O–H groups in total. The van der Waals surface area contributed by atoms with Crippen molar-refractivity contribution >= 4 is 46.7 Å². The molecule has 0 spiro atoms. The number of hydrazone groups is 1. The number of rotatable bonds is 7. The van der Waals surface area contributed by atoms with Gasteiger partial charge in [0.15, 0.2) is 0 Å². The van der Waals surface area contributed by atoms with E-state index in [1.807, 2.05) is 0 Å². The lowest BCUT2D eigenvalue weighted by molar-refractivity contribution is -0.394. The molecule has 3 aromatic carbocycles. The van der Waals surface area contributed by atoms with Crippen LogP contribution in [-0.2, 0) is 9.59 Å². The van der Waals surface area contributed by atoms with E-state index in [4.69, 9.17) is 16.3 Å². The molecule has 3 aromatic rings. The van der Waals surface area contributed by atoms with Crippen LogP contribution < -0.4 is 15.5 Å². The van der Waals surface area contributed by atoms with Crippen molar-refractivity contribution < 1.29 is 24.2 Å². The molecule has 35 heavy (non-hydrogen) atoms. The molecule has 0 heterocycles. The van der Waals surface area contributed by atoms with Gasteiger partial charge in [0, 0.05) is 16.8 Å². The summed E-state index contributed by atoms with van der Waals surface area (Å²) >= 11 is 5.99. The lowest BCUT2D eigenvalue weighted by atomic mass is 10.2. The predicted molar refractivity (Wildman–Crippen MR) is 127 cm³/mol. The molecule has 0 fully saturated rings. The Hall–Kier alpha value is -4.84. The van der Waals surface area contributed by atoms with Crippen LogP contribution in [0.2, 0.25) is 5.02 Å². The second kappa shape index (κ2) is 10.9. The highest BCUT2D eigenvalue weighted by atomic mass is 35.5. The number of hydrogen-bond donors (Lipinski definition) is 2. The van der Waals surface area contributed by atoms with Crippen LogP contribution in [0.4, 0.5) is 17.1 Å². The Bertz CT molecular complexity index is 1340. The fraction of sp³-hybridized carbons (Fsp3) is 0.0455. The molecule has 0 aliphatic carbocycles. The smallest absolute Gasteiger partial charge is 0.329 e. The van der Waals surface area contributed by atoms with E-state index in [1.165, 1.54) is 30.5 Å². The van der Waals surface area contributed by atoms with Gasteiger partial charge in [0.1, 0.15) is 5.75 Å². The fourth-order valence-corrected chi connectivity index (χ4v) is 2.91. The van der Waals surface area contributed by atoms with Gasteiger partial charge in [0.2, 0.25) is 5.75 Å². The van der Waals surface area contributed by atoms with Gasteiger partial charge in [-0.1, -0.05) is 17.7 Å². The number of amides is 2. The third-order valence-electron chi connectivity index (χ3n) is 4.56. The van der Waals surface area contributed by atoms with Crippen molar-refractivity contribution in [3.8, 4) is 11.5 Å². The SMILES string of the molecule is Cc1c(Cl)cccc1NC(=O)C(=O)N/N=C/c1ccc(Oc2ccc([N+](=O)[O-])cc2[N+](=O)[O-])cc1. The summed E-state index contributed by atoms with van der Waals surface area (Å²) in [5, 5.41) is 28.6. The molecule has 0 aromatic heterocycles. The number of non-ortho nitro benzene ring substituents is 1. The minimum absolute atomic E-state index is 0.171. The summed E-state index contributed by atoms with van der Waals surface area (Å²) in [6, 6.07) is 14.0. The van der Waals surface area contributed by atoms with Gasteiger partial charge < -0.3 is 10.1 Å². The molecule has 0 unspecified atom stereocenters. The van der Waals surface area contributed by atoms with Gasteiger partial charge in [0.05, 0.1) is 22.1 Å². The topological polar surface area (TPSA) is 166 Å². The van der Waals surface area contributed by atoms with Crippen molar-refractivity contribution in [3.63, 3.8) is 0 Å². The summed E-state index contributed by atoms with van der Waals surface area (Å²) in [4.78, 5) is 44.5. The number of benzene rings is 3. The second-order valence-electron chi connectivity index (χ2n) is 6.90. The van der Waals surface area contributed by atoms with Gasteiger partial charge in [-0.2, -0.15) is 5.10 Å². The summed E-state index contributed by atoms with van der Waals surface area (Å²) in [6.07, 6.45) is 1.27. The highest BCUT2D eigenvalue weighted by Gasteiger charge is 2.21. The molecule has 13 heteroatoms. The van der Waals surface area contributed by atoms with Crippen LogP contribution in [-0.4, -0.2) is 27.9 Å². The Morgan fingerprint density at radius 2 is 1.71 bits per heavy atom. The molecular formula is C22H16ClN5O7. The number of nitro groups is 2. The molecular weight excluding hydrogens is 482 g/mol. The number of nitro benzene ring substituents is 2. The van der Waals surface area contributed by atoms with Gasteiger partial charge in [-0.05, 0) is 60.5 Å². The van der Waals surface area contributed by atoms with E-state index in [-0.39, 0.29) is 11.5 Å². The molecule has 0 saturated carbocycles. The molecule has 3 rings (SSSR count). The number of nitrogens with zero attached hydrogens (tertiary/aromatic N) is 3. The first-order chi connectivity index (χ1) is 16.7. The van der Waals surface area contributed by atoms with E-state index >= 15 is 0 Å². The molecule has 0 bridgehead atoms. The Morgan fingerprint density at radius 1 is 1.00 bits per heavy atom. The summed E-state index contributed by atoms with van der Waals surface area (Å²) in [6.45, 7) is 1.70. The molecule has 0 saturated heterocycles. The third-order valence-corrected chi connectivity index (χ3v) is 4.97. The molecule has 2 amide bonds. The van der Waals surface area contributed by atoms with Crippen LogP contribution in [0, 0.1) is 27.2 Å². The number of anilines is 1. The lowest BCUT2D eigenvalue weighted by Gasteiger charge is -2.08. The van der Waals surface area contributed by atoms with Gasteiger partial charge >= 0.3 is 17.5 Å². The third kappa shape index (κ3) is 6.36. The summed E-state index contributed by atoms with van der Waals surface area (Å²) in [5.41, 5.74) is 2.63. The van der Waals surface area contributed by atoms with Crippen LogP contribution in [0.1, 0.15) is 11.1 Å². The first-order valence-corrected chi connectivity index (χ1v) is 10.1. The summed E-state index contributed by atoms with van der Waals surface area (Å²) < 4.78 is 5.47. The normalized spacial score (nSPS) is 10.6. The lowest BCUT2D eigenvalue weighted by Crippen LogP contribution is -2.32. The number of nitrogens with one attached hydrogen (secondary N) is 2. The van der Waals surface area contributed by atoms with Crippen molar-refractivity contribution in [2.75, 3.05) is 5.32 Å².